The molecule has 3 unspecified atom stereocenters. The Morgan fingerprint density at radius 3 is 2.63 bits per heavy atom. The Bertz CT molecular complexity index is 800. The quantitative estimate of drug-likeness (QED) is 0.546. The number of hydrogen-bond donors (Lipinski definition) is 1. The number of Topliss-reactive ketones (excluding diaryl/α,β-unsaturated/α-hetero) is 1. The van der Waals surface area contributed by atoms with Crippen molar-refractivity contribution in [3.05, 3.63) is 29.3 Å². The molecule has 2 heterocycles. The van der Waals surface area contributed by atoms with Crippen LogP contribution < -0.4 is 5.32 Å². The molecule has 1 saturated carbocycles. The molecule has 1 aromatic rings. The average Bonchev–Trinajstić information content (AvgIpc) is 3.40. The van der Waals surface area contributed by atoms with Gasteiger partial charge >= 0.3 is 0 Å². The van der Waals surface area contributed by atoms with Crippen LogP contribution in [0.1, 0.15) is 90.2 Å². The molecule has 1 aromatic carbocycles. The van der Waals surface area contributed by atoms with Crippen LogP contribution in [0.5, 0.6) is 0 Å². The largest absolute Gasteiger partial charge is 0.301 e. The predicted molar refractivity (Wildman–Crippen MR) is 126 cm³/mol. The van der Waals surface area contributed by atoms with Crippen LogP contribution in [0.3, 0.4) is 0 Å². The average molecular weight is 409 g/mol. The molecule has 1 saturated heterocycles. The fraction of sp³-hybridized carbons (Fsp3) is 0.704. The number of aryl methyl sites for hydroxylation is 2. The normalized spacial score (nSPS) is 28.5. The summed E-state index contributed by atoms with van der Waals surface area (Å²) >= 11 is 0. The second kappa shape index (κ2) is 8.94. The Morgan fingerprint density at radius 2 is 1.97 bits per heavy atom. The van der Waals surface area contributed by atoms with Gasteiger partial charge < -0.3 is 5.32 Å². The van der Waals surface area contributed by atoms with Gasteiger partial charge in [-0.25, -0.2) is 0 Å². The fourth-order valence-electron chi connectivity index (χ4n) is 5.30. The van der Waals surface area contributed by atoms with Crippen LogP contribution in [0.4, 0.5) is 5.69 Å². The van der Waals surface area contributed by atoms with Crippen molar-refractivity contribution in [1.82, 2.24) is 5.32 Å². The number of nitrogens with one attached hydrogen (secondary N) is 1. The van der Waals surface area contributed by atoms with Gasteiger partial charge in [0.2, 0.25) is 0 Å². The molecule has 4 rings (SSSR count). The summed E-state index contributed by atoms with van der Waals surface area (Å²) in [5.41, 5.74) is 5.51. The van der Waals surface area contributed by atoms with Crippen LogP contribution in [-0.4, -0.2) is 23.6 Å². The SMILES string of the molecule is CCc1ccc2c(c1)CCC(C1CCC1)C/C(CCC1NC1C(=O)CC(C)(C)C)=N\2. The highest BCUT2D eigenvalue weighted by Gasteiger charge is 2.42. The third-order valence-corrected chi connectivity index (χ3v) is 7.41. The molecular formula is C27H40N2O. The van der Waals surface area contributed by atoms with Gasteiger partial charge in [-0.2, -0.15) is 0 Å². The molecule has 3 heteroatoms. The Morgan fingerprint density at radius 1 is 1.17 bits per heavy atom. The molecule has 1 N–H and O–H groups in total. The number of carbonyl (C=O) groups is 1. The number of nitrogens with zero attached hydrogens (tertiary/aromatic N) is 1. The van der Waals surface area contributed by atoms with Crippen LogP contribution >= 0.6 is 0 Å². The first-order chi connectivity index (χ1) is 14.3. The lowest BCUT2D eigenvalue weighted by Crippen LogP contribution is -2.26. The second-order valence-corrected chi connectivity index (χ2v) is 11.2. The van der Waals surface area contributed by atoms with Crippen LogP contribution in [0.2, 0.25) is 0 Å². The molecule has 3 aliphatic rings. The molecular weight excluding hydrogens is 368 g/mol. The molecule has 2 aliphatic heterocycles. The second-order valence-electron chi connectivity index (χ2n) is 11.2. The smallest absolute Gasteiger partial charge is 0.151 e. The molecule has 164 valence electrons. The standard InChI is InChI=1S/C27H40N2O/c1-5-18-9-13-23-21(15-18)11-10-20(19-7-6-8-19)16-22(28-23)12-14-24-26(29-24)25(30)17-27(2,3)4/h9,13,15,19-20,24,26,29H,5-8,10-12,14,16-17H2,1-4H3/b28-22-. The predicted octanol–water partition coefficient (Wildman–Crippen LogP) is 6.20. The number of benzene rings is 1. The fourth-order valence-corrected chi connectivity index (χ4v) is 5.30. The molecule has 0 aromatic heterocycles. The number of fused-ring (bicyclic) bond motifs is 1. The first-order valence-corrected chi connectivity index (χ1v) is 12.3. The van der Waals surface area contributed by atoms with Crippen molar-refractivity contribution < 1.29 is 4.79 Å². The lowest BCUT2D eigenvalue weighted by atomic mass is 9.71. The van der Waals surface area contributed by atoms with Crippen molar-refractivity contribution in [2.24, 2.45) is 22.2 Å². The van der Waals surface area contributed by atoms with E-state index in [0.717, 1.165) is 37.5 Å². The Hall–Kier alpha value is -1.48. The zero-order chi connectivity index (χ0) is 21.3. The number of aliphatic imine (C=N–C) groups is 1. The van der Waals surface area contributed by atoms with Crippen molar-refractivity contribution in [3.8, 4) is 0 Å². The van der Waals surface area contributed by atoms with Gasteiger partial charge in [0, 0.05) is 18.2 Å². The van der Waals surface area contributed by atoms with Crippen molar-refractivity contribution in [2.75, 3.05) is 0 Å². The maximum atomic E-state index is 12.5. The minimum Gasteiger partial charge on any atom is -0.301 e. The molecule has 2 fully saturated rings. The molecule has 3 atom stereocenters. The third-order valence-electron chi connectivity index (χ3n) is 7.41. The van der Waals surface area contributed by atoms with Gasteiger partial charge in [-0.3, -0.25) is 9.79 Å². The summed E-state index contributed by atoms with van der Waals surface area (Å²) in [7, 11) is 0. The maximum absolute atomic E-state index is 12.5. The van der Waals surface area contributed by atoms with E-state index in [1.165, 1.54) is 54.6 Å². The lowest BCUT2D eigenvalue weighted by Gasteiger charge is -2.35. The van der Waals surface area contributed by atoms with E-state index < -0.39 is 0 Å². The summed E-state index contributed by atoms with van der Waals surface area (Å²) in [4.78, 5) is 17.7. The molecule has 0 amide bonds. The summed E-state index contributed by atoms with van der Waals surface area (Å²) in [6, 6.07) is 7.32. The van der Waals surface area contributed by atoms with Gasteiger partial charge in [0.05, 0.1) is 11.7 Å². The summed E-state index contributed by atoms with van der Waals surface area (Å²) in [5, 5.41) is 3.44. The molecule has 30 heavy (non-hydrogen) atoms. The summed E-state index contributed by atoms with van der Waals surface area (Å²) in [5.74, 6) is 2.09. The first kappa shape index (κ1) is 21.7. The van der Waals surface area contributed by atoms with Gasteiger partial charge in [-0.15, -0.1) is 0 Å². The Labute approximate surface area is 183 Å². The minimum atomic E-state index is 0.0760. The summed E-state index contributed by atoms with van der Waals surface area (Å²) in [6.07, 6.45) is 11.7. The van der Waals surface area contributed by atoms with Crippen molar-refractivity contribution in [2.45, 2.75) is 104 Å². The van der Waals surface area contributed by atoms with E-state index in [0.29, 0.717) is 18.2 Å². The highest BCUT2D eigenvalue weighted by atomic mass is 16.1. The molecule has 0 bridgehead atoms. The van der Waals surface area contributed by atoms with Crippen LogP contribution in [0, 0.1) is 17.3 Å². The van der Waals surface area contributed by atoms with Crippen molar-refractivity contribution >= 4 is 17.2 Å². The van der Waals surface area contributed by atoms with Crippen molar-refractivity contribution in [3.63, 3.8) is 0 Å². The number of carbonyl (C=O) groups excluding carboxylic acids is 1. The lowest BCUT2D eigenvalue weighted by molar-refractivity contribution is -0.120. The summed E-state index contributed by atoms with van der Waals surface area (Å²) < 4.78 is 0. The highest BCUT2D eigenvalue weighted by molar-refractivity contribution is 5.90. The first-order valence-electron chi connectivity index (χ1n) is 12.3. The maximum Gasteiger partial charge on any atom is 0.151 e. The number of rotatable bonds is 7. The Balaban J connectivity index is 1.43. The number of hydrogen-bond acceptors (Lipinski definition) is 3. The third kappa shape index (κ3) is 5.41. The van der Waals surface area contributed by atoms with Gasteiger partial charge in [0.15, 0.2) is 5.78 Å². The zero-order valence-corrected chi connectivity index (χ0v) is 19.5. The van der Waals surface area contributed by atoms with Gasteiger partial charge in [-0.1, -0.05) is 59.1 Å². The van der Waals surface area contributed by atoms with E-state index in [2.05, 4.69) is 51.2 Å². The minimum absolute atomic E-state index is 0.0760. The van der Waals surface area contributed by atoms with Crippen LogP contribution in [-0.2, 0) is 17.6 Å². The van der Waals surface area contributed by atoms with E-state index in [-0.39, 0.29) is 11.5 Å². The molecule has 3 nitrogen and oxygen atoms in total. The topological polar surface area (TPSA) is 51.4 Å². The van der Waals surface area contributed by atoms with Gasteiger partial charge in [0.25, 0.3) is 0 Å². The van der Waals surface area contributed by atoms with Crippen molar-refractivity contribution in [1.29, 1.82) is 0 Å². The highest BCUT2D eigenvalue weighted by Crippen LogP contribution is 2.40. The van der Waals surface area contributed by atoms with Crippen LogP contribution in [0.25, 0.3) is 0 Å². The summed E-state index contributed by atoms with van der Waals surface area (Å²) in [6.45, 7) is 8.67. The van der Waals surface area contributed by atoms with Gasteiger partial charge in [-0.05, 0) is 73.0 Å². The zero-order valence-electron chi connectivity index (χ0n) is 19.5. The molecule has 1 aliphatic carbocycles. The van der Waals surface area contributed by atoms with Gasteiger partial charge in [0.1, 0.15) is 0 Å². The van der Waals surface area contributed by atoms with E-state index in [1.54, 1.807) is 0 Å². The molecule has 0 radical (unpaired) electrons. The van der Waals surface area contributed by atoms with E-state index >= 15 is 0 Å². The van der Waals surface area contributed by atoms with Crippen LogP contribution in [0.15, 0.2) is 23.2 Å². The van der Waals surface area contributed by atoms with E-state index in [1.807, 2.05) is 0 Å². The number of ketones is 1. The van der Waals surface area contributed by atoms with E-state index in [4.69, 9.17) is 4.99 Å². The monoisotopic (exact) mass is 408 g/mol. The molecule has 0 spiro atoms. The van der Waals surface area contributed by atoms with E-state index in [9.17, 15) is 4.79 Å². The Kier molecular flexibility index (Phi) is 6.48.